The van der Waals surface area contributed by atoms with E-state index in [4.69, 9.17) is 17.3 Å². The molecule has 0 aliphatic heterocycles. The first-order chi connectivity index (χ1) is 13.0. The average Bonchev–Trinajstić information content (AvgIpc) is 3.06. The normalized spacial score (nSPS) is 12.3. The first kappa shape index (κ1) is 17.2. The number of nitrogens with one attached hydrogen (secondary N) is 3. The molecule has 0 saturated heterocycles. The van der Waals surface area contributed by atoms with Gasteiger partial charge in [-0.3, -0.25) is 0 Å². The van der Waals surface area contributed by atoms with Crippen LogP contribution in [0.4, 0.5) is 15.9 Å². The zero-order valence-electron chi connectivity index (χ0n) is 14.3. The lowest BCUT2D eigenvalue weighted by Crippen LogP contribution is -2.10. The Morgan fingerprint density at radius 2 is 2.07 bits per heavy atom. The number of H-pyrrole nitrogens is 1. The van der Waals surface area contributed by atoms with Gasteiger partial charge in [-0.25, -0.2) is 19.3 Å². The zero-order chi connectivity index (χ0) is 19.0. The van der Waals surface area contributed by atoms with E-state index in [-0.39, 0.29) is 11.9 Å². The van der Waals surface area contributed by atoms with Gasteiger partial charge in [0.15, 0.2) is 17.5 Å². The Balaban J connectivity index is 1.70. The molecule has 0 saturated carbocycles. The summed E-state index contributed by atoms with van der Waals surface area (Å²) in [6, 6.07) is 8.62. The summed E-state index contributed by atoms with van der Waals surface area (Å²) in [5.74, 6) is -0.105. The van der Waals surface area contributed by atoms with Crippen molar-refractivity contribution in [3.05, 3.63) is 65.3 Å². The van der Waals surface area contributed by atoms with Crippen LogP contribution < -0.4 is 11.1 Å². The molecule has 3 heterocycles. The van der Waals surface area contributed by atoms with Crippen molar-refractivity contribution in [3.8, 4) is 11.4 Å². The Bertz CT molecular complexity index is 1130. The van der Waals surface area contributed by atoms with Crippen molar-refractivity contribution in [1.29, 1.82) is 0 Å². The van der Waals surface area contributed by atoms with Gasteiger partial charge in [0.25, 0.3) is 0 Å². The van der Waals surface area contributed by atoms with Crippen molar-refractivity contribution in [2.75, 3.05) is 5.32 Å². The molecule has 0 fully saturated rings. The summed E-state index contributed by atoms with van der Waals surface area (Å²) in [7, 11) is 0. The highest BCUT2D eigenvalue weighted by atomic mass is 35.5. The zero-order valence-corrected chi connectivity index (χ0v) is 15.0. The molecular weight excluding hydrogens is 367 g/mol. The minimum atomic E-state index is -0.552. The van der Waals surface area contributed by atoms with Crippen molar-refractivity contribution in [1.82, 2.24) is 25.7 Å². The maximum Gasteiger partial charge on any atom is 0.183 e. The van der Waals surface area contributed by atoms with Crippen LogP contribution in [0.25, 0.3) is 22.4 Å². The van der Waals surface area contributed by atoms with Crippen molar-refractivity contribution in [2.45, 2.75) is 13.0 Å². The Hall–Kier alpha value is -3.19. The molecule has 27 heavy (non-hydrogen) atoms. The smallest absolute Gasteiger partial charge is 0.183 e. The molecule has 4 rings (SSSR count). The summed E-state index contributed by atoms with van der Waals surface area (Å²) < 4.78 is 14.3. The summed E-state index contributed by atoms with van der Waals surface area (Å²) in [6.07, 6.45) is 4.40. The molecule has 0 aliphatic carbocycles. The molecule has 135 valence electrons. The lowest BCUT2D eigenvalue weighted by molar-refractivity contribution is 0.614. The maximum atomic E-state index is 14.3. The Morgan fingerprint density at radius 3 is 2.89 bits per heavy atom. The van der Waals surface area contributed by atoms with E-state index in [1.807, 2.05) is 13.0 Å². The monoisotopic (exact) mass is 381 g/mol. The van der Waals surface area contributed by atoms with Crippen LogP contribution in [0.1, 0.15) is 18.5 Å². The van der Waals surface area contributed by atoms with Gasteiger partial charge in [-0.05, 0) is 30.7 Å². The van der Waals surface area contributed by atoms with E-state index in [0.29, 0.717) is 27.7 Å². The highest BCUT2D eigenvalue weighted by Crippen LogP contribution is 2.29. The number of aromatic nitrogens is 4. The number of hydrogen-bond acceptors (Lipinski definition) is 4. The second-order valence-electron chi connectivity index (χ2n) is 6.13. The van der Waals surface area contributed by atoms with Crippen LogP contribution in [0.2, 0.25) is 5.02 Å². The number of nitrogens with zero attached hydrogens (tertiary/aromatic N) is 3. The predicted molar refractivity (Wildman–Crippen MR) is 103 cm³/mol. The molecule has 3 N–H and O–H groups in total. The number of benzene rings is 1. The third-order valence-corrected chi connectivity index (χ3v) is 4.43. The number of halogens is 2. The summed E-state index contributed by atoms with van der Waals surface area (Å²) in [6.45, 7) is 1.88. The summed E-state index contributed by atoms with van der Waals surface area (Å²) in [4.78, 5) is 15.7. The van der Waals surface area contributed by atoms with Gasteiger partial charge in [0.05, 0.1) is 22.9 Å². The van der Waals surface area contributed by atoms with Gasteiger partial charge in [-0.1, -0.05) is 23.7 Å². The molecule has 0 spiro atoms. The lowest BCUT2D eigenvalue weighted by Gasteiger charge is -2.16. The van der Waals surface area contributed by atoms with Crippen LogP contribution in [-0.2, 0) is 0 Å². The van der Waals surface area contributed by atoms with E-state index in [0.717, 1.165) is 17.1 Å². The molecular formula is C19H15ClFN6. The molecule has 0 amide bonds. The molecule has 1 aromatic carbocycles. The van der Waals surface area contributed by atoms with E-state index >= 15 is 0 Å². The number of hydrogen-bond donors (Lipinski definition) is 2. The Morgan fingerprint density at radius 1 is 1.22 bits per heavy atom. The summed E-state index contributed by atoms with van der Waals surface area (Å²) in [5, 5.41) is 4.31. The first-order valence-corrected chi connectivity index (χ1v) is 8.62. The van der Waals surface area contributed by atoms with E-state index < -0.39 is 5.82 Å². The number of rotatable bonds is 4. The van der Waals surface area contributed by atoms with E-state index in [9.17, 15) is 4.39 Å². The van der Waals surface area contributed by atoms with Crippen LogP contribution in [0.5, 0.6) is 0 Å². The van der Waals surface area contributed by atoms with Gasteiger partial charge in [0.2, 0.25) is 0 Å². The Kier molecular flexibility index (Phi) is 4.37. The highest BCUT2D eigenvalue weighted by molar-refractivity contribution is 6.31. The van der Waals surface area contributed by atoms with Gasteiger partial charge in [0.1, 0.15) is 5.65 Å². The number of aromatic amines is 1. The van der Waals surface area contributed by atoms with Crippen LogP contribution in [0.15, 0.2) is 48.9 Å². The fourth-order valence-corrected chi connectivity index (χ4v) is 3.02. The molecule has 1 atom stereocenters. The molecule has 0 bridgehead atoms. The largest absolute Gasteiger partial charge is 0.361 e. The quantitative estimate of drug-likeness (QED) is 0.526. The molecule has 0 unspecified atom stereocenters. The van der Waals surface area contributed by atoms with Crippen molar-refractivity contribution in [2.24, 2.45) is 0 Å². The first-order valence-electron chi connectivity index (χ1n) is 8.25. The van der Waals surface area contributed by atoms with E-state index in [1.54, 1.807) is 36.7 Å². The Labute approximate surface area is 159 Å². The molecule has 4 aromatic rings. The summed E-state index contributed by atoms with van der Waals surface area (Å²) >= 11 is 6.04. The second-order valence-corrected chi connectivity index (χ2v) is 6.57. The van der Waals surface area contributed by atoms with Crippen LogP contribution in [0, 0.1) is 5.82 Å². The fraction of sp³-hybridized carbons (Fsp3) is 0.105. The average molecular weight is 382 g/mol. The van der Waals surface area contributed by atoms with Gasteiger partial charge in [-0.2, -0.15) is 0 Å². The van der Waals surface area contributed by atoms with Crippen LogP contribution in [-0.4, -0.2) is 19.9 Å². The third kappa shape index (κ3) is 3.41. The van der Waals surface area contributed by atoms with E-state index in [1.165, 1.54) is 0 Å². The van der Waals surface area contributed by atoms with Crippen molar-refractivity contribution < 1.29 is 4.39 Å². The topological polar surface area (TPSA) is 90.3 Å². The second kappa shape index (κ2) is 6.85. The van der Waals surface area contributed by atoms with Crippen molar-refractivity contribution in [3.63, 3.8) is 0 Å². The van der Waals surface area contributed by atoms with E-state index in [2.05, 4.69) is 25.3 Å². The third-order valence-electron chi connectivity index (χ3n) is 4.22. The van der Waals surface area contributed by atoms with Crippen LogP contribution in [0.3, 0.4) is 0 Å². The molecule has 1 radical (unpaired) electrons. The number of pyridine rings is 1. The number of anilines is 1. The van der Waals surface area contributed by atoms with Gasteiger partial charge in [-0.15, -0.1) is 0 Å². The van der Waals surface area contributed by atoms with Gasteiger partial charge in [0, 0.05) is 23.3 Å². The molecule has 8 heteroatoms. The minimum Gasteiger partial charge on any atom is -0.361 e. The van der Waals surface area contributed by atoms with Gasteiger partial charge >= 0.3 is 0 Å². The maximum absolute atomic E-state index is 14.3. The fourth-order valence-electron chi connectivity index (χ4n) is 2.86. The SMILES string of the molecule is C[C@H](Nc1nc(-c2c[nH]c3ncc(Cl)cc23)ncc1F)c1cccc([NH])c1. The molecule has 0 aliphatic rings. The number of fused-ring (bicyclic) bond motifs is 1. The van der Waals surface area contributed by atoms with Crippen molar-refractivity contribution >= 4 is 34.1 Å². The minimum absolute atomic E-state index is 0.0900. The molecule has 3 aromatic heterocycles. The standard InChI is InChI=1S/C19H15ClFN6/c1-10(11-3-2-4-13(22)5-11)26-19-16(21)9-25-18(27-19)15-8-24-17-14(15)6-12(20)7-23-17/h2-10,22H,1H3,(H,23,24)(H,25,26,27)/t10-/m0/s1. The lowest BCUT2D eigenvalue weighted by atomic mass is 10.1. The highest BCUT2D eigenvalue weighted by Gasteiger charge is 2.15. The van der Waals surface area contributed by atoms with Crippen LogP contribution >= 0.6 is 11.6 Å². The predicted octanol–water partition coefficient (Wildman–Crippen LogP) is 4.90. The van der Waals surface area contributed by atoms with Gasteiger partial charge < -0.3 is 16.0 Å². The summed E-state index contributed by atoms with van der Waals surface area (Å²) in [5.41, 5.74) is 10.3. The molecule has 6 nitrogen and oxygen atoms in total.